The summed E-state index contributed by atoms with van der Waals surface area (Å²) in [6, 6.07) is 5.30. The molecule has 66 valence electrons. The molecule has 13 heavy (non-hydrogen) atoms. The van der Waals surface area contributed by atoms with Crippen LogP contribution >= 0.6 is 15.9 Å². The molecule has 0 saturated heterocycles. The number of hydrogen-bond acceptors (Lipinski definition) is 3. The molecule has 0 spiro atoms. The Morgan fingerprint density at radius 2 is 2.23 bits per heavy atom. The molecule has 0 unspecified atom stereocenters. The first-order chi connectivity index (χ1) is 6.18. The molecule has 1 heterocycles. The van der Waals surface area contributed by atoms with Gasteiger partial charge in [0.05, 0.1) is 10.9 Å². The number of hydrogen-bond donors (Lipinski definition) is 1. The minimum absolute atomic E-state index is 0.244. The van der Waals surface area contributed by atoms with Crippen molar-refractivity contribution in [1.82, 2.24) is 9.66 Å². The standard InChI is InChI=1S/C8H6BrN3O/c9-5-1-2-7-6(3-5)8(13)12(10)4-11-7/h1-4H,10H2. The van der Waals surface area contributed by atoms with E-state index in [4.69, 9.17) is 5.84 Å². The van der Waals surface area contributed by atoms with Crippen molar-refractivity contribution in [3.8, 4) is 0 Å². The molecule has 0 aliphatic carbocycles. The van der Waals surface area contributed by atoms with Gasteiger partial charge in [-0.15, -0.1) is 0 Å². The van der Waals surface area contributed by atoms with Gasteiger partial charge in [0.25, 0.3) is 5.56 Å². The Hall–Kier alpha value is -1.36. The summed E-state index contributed by atoms with van der Waals surface area (Å²) in [4.78, 5) is 15.5. The minimum Gasteiger partial charge on any atom is -0.335 e. The van der Waals surface area contributed by atoms with E-state index in [0.29, 0.717) is 10.9 Å². The second kappa shape index (κ2) is 2.85. The Bertz CT molecular complexity index is 515. The maximum Gasteiger partial charge on any atom is 0.279 e. The van der Waals surface area contributed by atoms with Gasteiger partial charge in [-0.3, -0.25) is 4.79 Å². The Morgan fingerprint density at radius 3 is 3.00 bits per heavy atom. The third kappa shape index (κ3) is 1.31. The highest BCUT2D eigenvalue weighted by Gasteiger charge is 2.01. The maximum absolute atomic E-state index is 11.5. The second-order valence-corrected chi connectivity index (χ2v) is 3.53. The lowest BCUT2D eigenvalue weighted by molar-refractivity contribution is 0.913. The fourth-order valence-electron chi connectivity index (χ4n) is 1.11. The molecule has 1 aromatic carbocycles. The van der Waals surface area contributed by atoms with Crippen molar-refractivity contribution in [2.24, 2.45) is 0 Å². The van der Waals surface area contributed by atoms with Gasteiger partial charge in [-0.2, -0.15) is 0 Å². The van der Waals surface area contributed by atoms with Crippen molar-refractivity contribution in [3.05, 3.63) is 39.4 Å². The van der Waals surface area contributed by atoms with Gasteiger partial charge in [-0.1, -0.05) is 15.9 Å². The van der Waals surface area contributed by atoms with Crippen LogP contribution < -0.4 is 11.4 Å². The zero-order chi connectivity index (χ0) is 9.42. The first-order valence-corrected chi connectivity index (χ1v) is 4.40. The Balaban J connectivity index is 2.97. The second-order valence-electron chi connectivity index (χ2n) is 2.62. The zero-order valence-corrected chi connectivity index (χ0v) is 8.15. The van der Waals surface area contributed by atoms with E-state index in [9.17, 15) is 4.79 Å². The quantitative estimate of drug-likeness (QED) is 0.695. The number of nitrogen functional groups attached to an aromatic ring is 1. The van der Waals surface area contributed by atoms with Gasteiger partial charge in [0, 0.05) is 4.47 Å². The van der Waals surface area contributed by atoms with Gasteiger partial charge in [0.15, 0.2) is 0 Å². The van der Waals surface area contributed by atoms with Crippen molar-refractivity contribution in [2.75, 3.05) is 5.84 Å². The van der Waals surface area contributed by atoms with Crippen molar-refractivity contribution >= 4 is 26.8 Å². The summed E-state index contributed by atoms with van der Waals surface area (Å²) in [6.45, 7) is 0. The van der Waals surface area contributed by atoms with E-state index >= 15 is 0 Å². The SMILES string of the molecule is Nn1cnc2ccc(Br)cc2c1=O. The number of aromatic nitrogens is 2. The summed E-state index contributed by atoms with van der Waals surface area (Å²) < 4.78 is 1.81. The van der Waals surface area contributed by atoms with Gasteiger partial charge < -0.3 is 5.84 Å². The molecule has 0 bridgehead atoms. The lowest BCUT2D eigenvalue weighted by Crippen LogP contribution is -2.27. The minimum atomic E-state index is -0.244. The molecule has 2 aromatic rings. The third-order valence-electron chi connectivity index (χ3n) is 1.74. The number of nitrogens with zero attached hydrogens (tertiary/aromatic N) is 2. The highest BCUT2D eigenvalue weighted by Crippen LogP contribution is 2.14. The average Bonchev–Trinajstić information content (AvgIpc) is 2.12. The van der Waals surface area contributed by atoms with Crippen LogP contribution in [0.25, 0.3) is 10.9 Å². The summed E-state index contributed by atoms with van der Waals surface area (Å²) in [7, 11) is 0. The van der Waals surface area contributed by atoms with Crippen LogP contribution in [0.2, 0.25) is 0 Å². The summed E-state index contributed by atoms with van der Waals surface area (Å²) >= 11 is 3.27. The lowest BCUT2D eigenvalue weighted by atomic mass is 10.2. The number of halogens is 1. The Morgan fingerprint density at radius 1 is 1.46 bits per heavy atom. The number of nitrogens with two attached hydrogens (primary N) is 1. The molecule has 1 aromatic heterocycles. The summed E-state index contributed by atoms with van der Waals surface area (Å²) in [5.41, 5.74) is 0.404. The van der Waals surface area contributed by atoms with E-state index in [1.165, 1.54) is 6.33 Å². The summed E-state index contributed by atoms with van der Waals surface area (Å²) in [5, 5.41) is 0.513. The molecule has 2 N–H and O–H groups in total. The third-order valence-corrected chi connectivity index (χ3v) is 2.24. The van der Waals surface area contributed by atoms with Crippen LogP contribution in [-0.2, 0) is 0 Å². The fraction of sp³-hybridized carbons (Fsp3) is 0. The molecule has 0 saturated carbocycles. The number of benzene rings is 1. The predicted molar refractivity (Wildman–Crippen MR) is 53.9 cm³/mol. The molecule has 2 rings (SSSR count). The van der Waals surface area contributed by atoms with E-state index in [1.54, 1.807) is 12.1 Å². The molecule has 0 aliphatic heterocycles. The van der Waals surface area contributed by atoms with E-state index in [0.717, 1.165) is 9.15 Å². The van der Waals surface area contributed by atoms with Crippen molar-refractivity contribution < 1.29 is 0 Å². The van der Waals surface area contributed by atoms with Crippen LogP contribution in [0.3, 0.4) is 0 Å². The highest BCUT2D eigenvalue weighted by molar-refractivity contribution is 9.10. The normalized spacial score (nSPS) is 10.5. The molecule has 0 radical (unpaired) electrons. The van der Waals surface area contributed by atoms with Crippen LogP contribution in [0.5, 0.6) is 0 Å². The summed E-state index contributed by atoms with van der Waals surface area (Å²) in [6.07, 6.45) is 1.30. The Labute approximate surface area is 82.1 Å². The number of fused-ring (bicyclic) bond motifs is 1. The van der Waals surface area contributed by atoms with Gasteiger partial charge in [-0.25, -0.2) is 9.66 Å². The molecular weight excluding hydrogens is 234 g/mol. The topological polar surface area (TPSA) is 60.9 Å². The summed E-state index contributed by atoms with van der Waals surface area (Å²) in [5.74, 6) is 5.36. The number of rotatable bonds is 0. The largest absolute Gasteiger partial charge is 0.335 e. The van der Waals surface area contributed by atoms with E-state index in [-0.39, 0.29) is 5.56 Å². The van der Waals surface area contributed by atoms with Crippen molar-refractivity contribution in [1.29, 1.82) is 0 Å². The van der Waals surface area contributed by atoms with Gasteiger partial charge in [0.2, 0.25) is 0 Å². The van der Waals surface area contributed by atoms with E-state index < -0.39 is 0 Å². The zero-order valence-electron chi connectivity index (χ0n) is 6.57. The fourth-order valence-corrected chi connectivity index (χ4v) is 1.47. The first-order valence-electron chi connectivity index (χ1n) is 3.60. The Kier molecular flexibility index (Phi) is 1.81. The van der Waals surface area contributed by atoms with Gasteiger partial charge >= 0.3 is 0 Å². The van der Waals surface area contributed by atoms with E-state index in [1.807, 2.05) is 6.07 Å². The smallest absolute Gasteiger partial charge is 0.279 e. The molecular formula is C8H6BrN3O. The molecule has 5 heteroatoms. The van der Waals surface area contributed by atoms with Gasteiger partial charge in [0.1, 0.15) is 6.33 Å². The molecule has 0 aliphatic rings. The van der Waals surface area contributed by atoms with Crippen LogP contribution in [0.1, 0.15) is 0 Å². The average molecular weight is 240 g/mol. The van der Waals surface area contributed by atoms with Crippen LogP contribution in [0.15, 0.2) is 33.8 Å². The van der Waals surface area contributed by atoms with Crippen molar-refractivity contribution in [2.45, 2.75) is 0 Å². The lowest BCUT2D eigenvalue weighted by Gasteiger charge is -1.99. The van der Waals surface area contributed by atoms with E-state index in [2.05, 4.69) is 20.9 Å². The first kappa shape index (κ1) is 8.25. The molecule has 0 atom stereocenters. The molecule has 0 amide bonds. The van der Waals surface area contributed by atoms with Crippen LogP contribution in [0, 0.1) is 0 Å². The molecule has 4 nitrogen and oxygen atoms in total. The van der Waals surface area contributed by atoms with Crippen LogP contribution in [0.4, 0.5) is 0 Å². The highest BCUT2D eigenvalue weighted by atomic mass is 79.9. The predicted octanol–water partition coefficient (Wildman–Crippen LogP) is 0.873. The van der Waals surface area contributed by atoms with Gasteiger partial charge in [-0.05, 0) is 18.2 Å². The van der Waals surface area contributed by atoms with Crippen molar-refractivity contribution in [3.63, 3.8) is 0 Å². The molecule has 0 fully saturated rings. The van der Waals surface area contributed by atoms with Crippen LogP contribution in [-0.4, -0.2) is 9.66 Å². The maximum atomic E-state index is 11.5. The monoisotopic (exact) mass is 239 g/mol.